The minimum absolute atomic E-state index is 0.0427. The van der Waals surface area contributed by atoms with Gasteiger partial charge in [0.15, 0.2) is 0 Å². The van der Waals surface area contributed by atoms with Crippen molar-refractivity contribution in [2.75, 3.05) is 6.61 Å². The quantitative estimate of drug-likeness (QED) is 0.138. The number of ether oxygens (including phenoxy) is 2. The maximum Gasteiger partial charge on any atom is 0.343 e. The highest BCUT2D eigenvalue weighted by Gasteiger charge is 2.13. The second-order valence-corrected chi connectivity index (χ2v) is 8.12. The molecular formula is C28H27N3O5. The van der Waals surface area contributed by atoms with Gasteiger partial charge in [-0.05, 0) is 74.0 Å². The number of nitrogen functional groups attached to an aromatic ring is 1. The number of nitrogens with one attached hydrogen (secondary N) is 2. The van der Waals surface area contributed by atoms with E-state index in [1.165, 1.54) is 0 Å². The van der Waals surface area contributed by atoms with E-state index in [0.29, 0.717) is 28.0 Å². The summed E-state index contributed by atoms with van der Waals surface area (Å²) in [6, 6.07) is 21.2. The van der Waals surface area contributed by atoms with Gasteiger partial charge in [0.25, 0.3) is 0 Å². The Bertz CT molecular complexity index is 1270. The summed E-state index contributed by atoms with van der Waals surface area (Å²) in [6.45, 7) is 3.46. The van der Waals surface area contributed by atoms with E-state index in [-0.39, 0.29) is 24.4 Å². The van der Waals surface area contributed by atoms with Crippen LogP contribution in [0.4, 0.5) is 0 Å². The normalized spacial score (nSPS) is 11.8. The smallest absolute Gasteiger partial charge is 0.343 e. The summed E-state index contributed by atoms with van der Waals surface area (Å²) >= 11 is 0. The van der Waals surface area contributed by atoms with Crippen molar-refractivity contribution in [2.24, 2.45) is 5.73 Å². The lowest BCUT2D eigenvalue weighted by Gasteiger charge is -2.14. The van der Waals surface area contributed by atoms with Gasteiger partial charge in [0, 0.05) is 11.1 Å². The summed E-state index contributed by atoms with van der Waals surface area (Å²) in [5.41, 5.74) is 7.94. The molecule has 3 aromatic rings. The molecule has 0 aliphatic rings. The number of amides is 1. The summed E-state index contributed by atoms with van der Waals surface area (Å²) < 4.78 is 10.6. The average Bonchev–Trinajstić information content (AvgIpc) is 2.88. The van der Waals surface area contributed by atoms with E-state index in [0.717, 1.165) is 5.56 Å². The molecule has 3 aromatic carbocycles. The monoisotopic (exact) mass is 485 g/mol. The Hall–Kier alpha value is -4.72. The molecule has 8 heteroatoms. The molecule has 0 aliphatic carbocycles. The van der Waals surface area contributed by atoms with E-state index in [4.69, 9.17) is 20.6 Å². The Balaban J connectivity index is 1.51. The first kappa shape index (κ1) is 25.9. The van der Waals surface area contributed by atoms with Gasteiger partial charge in [-0.2, -0.15) is 0 Å². The molecule has 0 spiro atoms. The number of esters is 2. The third-order valence-electron chi connectivity index (χ3n) is 5.11. The predicted octanol–water partition coefficient (Wildman–Crippen LogP) is 3.95. The lowest BCUT2D eigenvalue weighted by Crippen LogP contribution is -2.36. The predicted molar refractivity (Wildman–Crippen MR) is 137 cm³/mol. The fourth-order valence-electron chi connectivity index (χ4n) is 3.14. The van der Waals surface area contributed by atoms with E-state index in [9.17, 15) is 14.4 Å². The second kappa shape index (κ2) is 12.1. The molecule has 0 unspecified atom stereocenters. The number of hydrogen-bond donors (Lipinski definition) is 3. The Morgan fingerprint density at radius 1 is 0.889 bits per heavy atom. The van der Waals surface area contributed by atoms with Crippen molar-refractivity contribution in [1.82, 2.24) is 5.32 Å². The van der Waals surface area contributed by atoms with E-state index < -0.39 is 11.9 Å². The highest BCUT2D eigenvalue weighted by atomic mass is 16.5. The van der Waals surface area contributed by atoms with Gasteiger partial charge in [-0.1, -0.05) is 30.3 Å². The number of rotatable bonds is 9. The van der Waals surface area contributed by atoms with Crippen LogP contribution >= 0.6 is 0 Å². The fraction of sp³-hybridized carbons (Fsp3) is 0.143. The molecule has 0 heterocycles. The van der Waals surface area contributed by atoms with Crippen molar-refractivity contribution in [2.45, 2.75) is 19.9 Å². The maximum absolute atomic E-state index is 12.5. The molecule has 1 atom stereocenters. The van der Waals surface area contributed by atoms with Gasteiger partial charge < -0.3 is 20.5 Å². The fourth-order valence-corrected chi connectivity index (χ4v) is 3.14. The van der Waals surface area contributed by atoms with Gasteiger partial charge in [-0.25, -0.2) is 9.59 Å². The molecule has 8 nitrogen and oxygen atoms in total. The van der Waals surface area contributed by atoms with Gasteiger partial charge in [0.05, 0.1) is 17.2 Å². The Morgan fingerprint density at radius 2 is 1.47 bits per heavy atom. The number of amidine groups is 1. The first-order valence-corrected chi connectivity index (χ1v) is 11.2. The molecule has 1 amide bonds. The Kier molecular flexibility index (Phi) is 8.72. The molecule has 0 saturated carbocycles. The second-order valence-electron chi connectivity index (χ2n) is 8.12. The van der Waals surface area contributed by atoms with Crippen molar-refractivity contribution < 1.29 is 23.9 Å². The minimum Gasteiger partial charge on any atom is -0.460 e. The van der Waals surface area contributed by atoms with E-state index in [1.807, 2.05) is 6.07 Å². The van der Waals surface area contributed by atoms with Crippen LogP contribution in [0.1, 0.15) is 45.7 Å². The number of benzene rings is 3. The molecule has 0 bridgehead atoms. The van der Waals surface area contributed by atoms with Gasteiger partial charge >= 0.3 is 11.9 Å². The standard InChI is InChI=1S/C28H27N3O5/c1-18(26(32)31-19(2)17-35-27(33)22-6-4-3-5-7-22)16-20-8-10-23(11-9-20)28(34)36-24-14-12-21(13-15-24)25(29)30/h3-16,19H,17H2,1-2H3,(H3,29,30)(H,31,32)/b18-16+/t19-/m1/s1. The first-order valence-electron chi connectivity index (χ1n) is 11.2. The van der Waals surface area contributed by atoms with Crippen LogP contribution in [0.25, 0.3) is 6.08 Å². The highest BCUT2D eigenvalue weighted by Crippen LogP contribution is 2.15. The highest BCUT2D eigenvalue weighted by molar-refractivity contribution is 5.98. The van der Waals surface area contributed by atoms with Crippen molar-refractivity contribution >= 4 is 29.8 Å². The van der Waals surface area contributed by atoms with Crippen molar-refractivity contribution in [3.05, 3.63) is 107 Å². The van der Waals surface area contributed by atoms with Crippen LogP contribution in [-0.2, 0) is 9.53 Å². The van der Waals surface area contributed by atoms with Gasteiger partial charge in [-0.15, -0.1) is 0 Å². The summed E-state index contributed by atoms with van der Waals surface area (Å²) in [6.07, 6.45) is 1.69. The minimum atomic E-state index is -0.533. The summed E-state index contributed by atoms with van der Waals surface area (Å²) in [4.78, 5) is 36.9. The molecule has 3 rings (SSSR count). The van der Waals surface area contributed by atoms with Crippen LogP contribution in [0, 0.1) is 5.41 Å². The maximum atomic E-state index is 12.5. The number of hydrogen-bond acceptors (Lipinski definition) is 6. The van der Waals surface area contributed by atoms with E-state index in [2.05, 4.69) is 5.32 Å². The first-order chi connectivity index (χ1) is 17.2. The molecule has 0 saturated heterocycles. The van der Waals surface area contributed by atoms with Crippen LogP contribution in [0.3, 0.4) is 0 Å². The van der Waals surface area contributed by atoms with Crippen LogP contribution in [0.5, 0.6) is 5.75 Å². The Morgan fingerprint density at radius 3 is 2.08 bits per heavy atom. The number of carbonyl (C=O) groups excluding carboxylic acids is 3. The SMILES string of the molecule is C/C(=C\c1ccc(C(=O)Oc2ccc(C(=N)N)cc2)cc1)C(=O)N[C@H](C)COC(=O)c1ccccc1. The molecule has 36 heavy (non-hydrogen) atoms. The Labute approximate surface area is 209 Å². The van der Waals surface area contributed by atoms with E-state index in [1.54, 1.807) is 92.7 Å². The summed E-state index contributed by atoms with van der Waals surface area (Å²) in [5, 5.41) is 10.2. The van der Waals surface area contributed by atoms with Crippen LogP contribution < -0.4 is 15.8 Å². The number of carbonyl (C=O) groups is 3. The molecule has 184 valence electrons. The molecule has 0 aliphatic heterocycles. The van der Waals surface area contributed by atoms with Crippen LogP contribution in [0.15, 0.2) is 84.4 Å². The number of nitrogens with two attached hydrogens (primary N) is 1. The van der Waals surface area contributed by atoms with Crippen LogP contribution in [0.2, 0.25) is 0 Å². The topological polar surface area (TPSA) is 132 Å². The molecule has 0 aromatic heterocycles. The van der Waals surface area contributed by atoms with E-state index >= 15 is 0 Å². The lowest BCUT2D eigenvalue weighted by atomic mass is 10.1. The third-order valence-corrected chi connectivity index (χ3v) is 5.11. The zero-order chi connectivity index (χ0) is 26.1. The largest absolute Gasteiger partial charge is 0.460 e. The van der Waals surface area contributed by atoms with Gasteiger partial charge in [-0.3, -0.25) is 10.2 Å². The van der Waals surface area contributed by atoms with Gasteiger partial charge in [0.2, 0.25) is 5.91 Å². The molecule has 0 fully saturated rings. The zero-order valence-electron chi connectivity index (χ0n) is 20.0. The van der Waals surface area contributed by atoms with Crippen molar-refractivity contribution in [1.29, 1.82) is 5.41 Å². The summed E-state index contributed by atoms with van der Waals surface area (Å²) in [5.74, 6) is -1.01. The average molecular weight is 486 g/mol. The molecule has 0 radical (unpaired) electrons. The third kappa shape index (κ3) is 7.39. The molecule has 4 N–H and O–H groups in total. The van der Waals surface area contributed by atoms with Gasteiger partial charge in [0.1, 0.15) is 18.2 Å². The van der Waals surface area contributed by atoms with Crippen LogP contribution in [-0.4, -0.2) is 36.3 Å². The summed E-state index contributed by atoms with van der Waals surface area (Å²) in [7, 11) is 0. The van der Waals surface area contributed by atoms with Crippen molar-refractivity contribution in [3.63, 3.8) is 0 Å². The zero-order valence-corrected chi connectivity index (χ0v) is 20.0. The molecular weight excluding hydrogens is 458 g/mol. The van der Waals surface area contributed by atoms with Crippen molar-refractivity contribution in [3.8, 4) is 5.75 Å². The lowest BCUT2D eigenvalue weighted by molar-refractivity contribution is -0.118.